The predicted molar refractivity (Wildman–Crippen MR) is 48.8 cm³/mol. The number of nitrogens with two attached hydrogens (primary N) is 1. The van der Waals surface area contributed by atoms with E-state index in [0.29, 0.717) is 5.69 Å². The molecule has 0 aliphatic carbocycles. The van der Waals surface area contributed by atoms with Crippen LogP contribution < -0.4 is 5.73 Å². The topological polar surface area (TPSA) is 67.7 Å². The summed E-state index contributed by atoms with van der Waals surface area (Å²) in [6.45, 7) is 0. The molecular formula is C9H8N2O2. The summed E-state index contributed by atoms with van der Waals surface area (Å²) in [6.07, 6.45) is 1.68. The van der Waals surface area contributed by atoms with Crippen LogP contribution in [0.3, 0.4) is 0 Å². The van der Waals surface area contributed by atoms with Gasteiger partial charge in [-0.05, 0) is 18.2 Å². The Morgan fingerprint density at radius 2 is 2.23 bits per heavy atom. The summed E-state index contributed by atoms with van der Waals surface area (Å²) >= 11 is 0. The van der Waals surface area contributed by atoms with Crippen molar-refractivity contribution in [2.75, 3.05) is 5.73 Å². The summed E-state index contributed by atoms with van der Waals surface area (Å²) in [5.74, 6) is -0.974. The number of hydrogen-bond acceptors (Lipinski definition) is 2. The van der Waals surface area contributed by atoms with E-state index >= 15 is 0 Å². The predicted octanol–water partition coefficient (Wildman–Crippen LogP) is 1.22. The highest BCUT2D eigenvalue weighted by atomic mass is 16.4. The molecule has 0 fully saturated rings. The Kier molecular flexibility index (Phi) is 1.48. The first-order valence-corrected chi connectivity index (χ1v) is 3.79. The number of carbonyl (C=O) groups is 1. The quantitative estimate of drug-likeness (QED) is 0.686. The molecular weight excluding hydrogens is 168 g/mol. The van der Waals surface area contributed by atoms with Crippen LogP contribution >= 0.6 is 0 Å². The number of rotatable bonds is 1. The number of nitrogen functional groups attached to an aromatic ring is 1. The van der Waals surface area contributed by atoms with Gasteiger partial charge in [-0.2, -0.15) is 0 Å². The average Bonchev–Trinajstić information content (AvgIpc) is 2.45. The fraction of sp³-hybridized carbons (Fsp3) is 0. The van der Waals surface area contributed by atoms with Crippen LogP contribution in [-0.2, 0) is 0 Å². The molecule has 0 aliphatic rings. The van der Waals surface area contributed by atoms with E-state index < -0.39 is 5.97 Å². The van der Waals surface area contributed by atoms with E-state index in [0.717, 1.165) is 5.52 Å². The van der Waals surface area contributed by atoms with Crippen molar-refractivity contribution in [3.05, 3.63) is 36.2 Å². The Balaban J connectivity index is 2.85. The van der Waals surface area contributed by atoms with Gasteiger partial charge in [-0.15, -0.1) is 0 Å². The number of carboxylic acid groups (broad SMARTS) is 1. The number of carboxylic acids is 1. The van der Waals surface area contributed by atoms with Crippen molar-refractivity contribution in [1.82, 2.24) is 4.40 Å². The highest BCUT2D eigenvalue weighted by Gasteiger charge is 2.10. The molecule has 0 radical (unpaired) electrons. The number of anilines is 1. The van der Waals surface area contributed by atoms with Gasteiger partial charge in [-0.1, -0.05) is 6.07 Å². The van der Waals surface area contributed by atoms with Crippen molar-refractivity contribution < 1.29 is 9.90 Å². The van der Waals surface area contributed by atoms with Crippen molar-refractivity contribution in [3.8, 4) is 0 Å². The van der Waals surface area contributed by atoms with Crippen molar-refractivity contribution in [3.63, 3.8) is 0 Å². The average molecular weight is 176 g/mol. The molecule has 2 heterocycles. The summed E-state index contributed by atoms with van der Waals surface area (Å²) in [4.78, 5) is 10.8. The van der Waals surface area contributed by atoms with Gasteiger partial charge in [0.2, 0.25) is 0 Å². The van der Waals surface area contributed by atoms with Gasteiger partial charge in [-0.3, -0.25) is 0 Å². The first kappa shape index (κ1) is 7.67. The fourth-order valence-electron chi connectivity index (χ4n) is 1.34. The molecule has 3 N–H and O–H groups in total. The molecule has 0 saturated carbocycles. The van der Waals surface area contributed by atoms with Gasteiger partial charge in [0.05, 0.1) is 11.2 Å². The Labute approximate surface area is 74.2 Å². The summed E-state index contributed by atoms with van der Waals surface area (Å²) in [6, 6.07) is 6.82. The van der Waals surface area contributed by atoms with Gasteiger partial charge in [0.1, 0.15) is 5.69 Å². The second-order valence-electron chi connectivity index (χ2n) is 2.75. The van der Waals surface area contributed by atoms with Crippen molar-refractivity contribution >= 4 is 17.2 Å². The van der Waals surface area contributed by atoms with Crippen LogP contribution in [-0.4, -0.2) is 15.5 Å². The van der Waals surface area contributed by atoms with E-state index in [1.165, 1.54) is 6.07 Å². The Hall–Kier alpha value is -1.97. The second-order valence-corrected chi connectivity index (χ2v) is 2.75. The maximum absolute atomic E-state index is 10.8. The highest BCUT2D eigenvalue weighted by molar-refractivity contribution is 5.91. The lowest BCUT2D eigenvalue weighted by Crippen LogP contribution is -2.00. The van der Waals surface area contributed by atoms with E-state index in [9.17, 15) is 4.79 Å². The minimum absolute atomic E-state index is 0.188. The number of pyridine rings is 1. The van der Waals surface area contributed by atoms with Crippen molar-refractivity contribution in [1.29, 1.82) is 0 Å². The molecule has 2 aromatic rings. The molecule has 4 nitrogen and oxygen atoms in total. The molecule has 0 amide bonds. The lowest BCUT2D eigenvalue weighted by Gasteiger charge is -1.96. The van der Waals surface area contributed by atoms with Gasteiger partial charge in [0, 0.05) is 6.20 Å². The molecule has 2 rings (SSSR count). The maximum Gasteiger partial charge on any atom is 0.352 e. The van der Waals surface area contributed by atoms with Crippen LogP contribution in [0.1, 0.15) is 10.5 Å². The van der Waals surface area contributed by atoms with Crippen LogP contribution in [0.25, 0.3) is 5.52 Å². The third-order valence-corrected chi connectivity index (χ3v) is 1.93. The first-order valence-electron chi connectivity index (χ1n) is 3.79. The lowest BCUT2D eigenvalue weighted by molar-refractivity contribution is 0.0689. The summed E-state index contributed by atoms with van der Waals surface area (Å²) in [5, 5.41) is 8.82. The normalized spacial score (nSPS) is 10.5. The summed E-state index contributed by atoms with van der Waals surface area (Å²) < 4.78 is 1.55. The minimum Gasteiger partial charge on any atom is -0.477 e. The van der Waals surface area contributed by atoms with Gasteiger partial charge in [0.15, 0.2) is 0 Å². The van der Waals surface area contributed by atoms with Crippen molar-refractivity contribution in [2.45, 2.75) is 0 Å². The summed E-state index contributed by atoms with van der Waals surface area (Å²) in [5.41, 5.74) is 7.03. The van der Waals surface area contributed by atoms with Crippen LogP contribution in [0.5, 0.6) is 0 Å². The molecule has 2 aromatic heterocycles. The lowest BCUT2D eigenvalue weighted by atomic mass is 10.4. The largest absolute Gasteiger partial charge is 0.477 e. The van der Waals surface area contributed by atoms with E-state index in [1.807, 2.05) is 6.07 Å². The molecule has 0 aromatic carbocycles. The molecule has 66 valence electrons. The van der Waals surface area contributed by atoms with Gasteiger partial charge >= 0.3 is 5.97 Å². The van der Waals surface area contributed by atoms with Crippen molar-refractivity contribution in [2.24, 2.45) is 0 Å². The SMILES string of the molecule is Nc1cc(C(=O)O)n2ccccc12. The zero-order valence-electron chi connectivity index (χ0n) is 6.77. The van der Waals surface area contributed by atoms with Gasteiger partial charge in [0.25, 0.3) is 0 Å². The zero-order valence-corrected chi connectivity index (χ0v) is 6.77. The number of aromatic carboxylic acids is 1. The van der Waals surface area contributed by atoms with E-state index in [-0.39, 0.29) is 5.69 Å². The van der Waals surface area contributed by atoms with E-state index in [1.54, 1.807) is 22.7 Å². The molecule has 0 aliphatic heterocycles. The first-order chi connectivity index (χ1) is 6.20. The van der Waals surface area contributed by atoms with Gasteiger partial charge in [-0.25, -0.2) is 4.79 Å². The molecule has 0 unspecified atom stereocenters. The molecule has 0 bridgehead atoms. The Bertz CT molecular complexity index is 473. The Morgan fingerprint density at radius 3 is 2.92 bits per heavy atom. The molecule has 0 spiro atoms. The third kappa shape index (κ3) is 1.03. The van der Waals surface area contributed by atoms with Crippen LogP contribution in [0, 0.1) is 0 Å². The maximum atomic E-state index is 10.8. The highest BCUT2D eigenvalue weighted by Crippen LogP contribution is 2.18. The van der Waals surface area contributed by atoms with Crippen LogP contribution in [0.2, 0.25) is 0 Å². The number of aromatic nitrogens is 1. The minimum atomic E-state index is -0.974. The number of nitrogens with zero attached hydrogens (tertiary/aromatic N) is 1. The van der Waals surface area contributed by atoms with E-state index in [2.05, 4.69) is 0 Å². The van der Waals surface area contributed by atoms with Crippen LogP contribution in [0.15, 0.2) is 30.5 Å². The standard InChI is InChI=1S/C9H8N2O2/c10-6-5-8(9(12)13)11-4-2-1-3-7(6)11/h1-5H,10H2,(H,12,13). The number of hydrogen-bond donors (Lipinski definition) is 2. The molecule has 13 heavy (non-hydrogen) atoms. The van der Waals surface area contributed by atoms with E-state index in [4.69, 9.17) is 10.8 Å². The molecule has 4 heteroatoms. The second kappa shape index (κ2) is 2.52. The smallest absolute Gasteiger partial charge is 0.352 e. The fourth-order valence-corrected chi connectivity index (χ4v) is 1.34. The summed E-state index contributed by atoms with van der Waals surface area (Å²) in [7, 11) is 0. The molecule has 0 atom stereocenters. The Morgan fingerprint density at radius 1 is 1.46 bits per heavy atom. The monoisotopic (exact) mass is 176 g/mol. The van der Waals surface area contributed by atoms with Crippen LogP contribution in [0.4, 0.5) is 5.69 Å². The van der Waals surface area contributed by atoms with Gasteiger partial charge < -0.3 is 15.2 Å². The zero-order chi connectivity index (χ0) is 9.42. The third-order valence-electron chi connectivity index (χ3n) is 1.93. The molecule has 0 saturated heterocycles. The number of fused-ring (bicyclic) bond motifs is 1.